The van der Waals surface area contributed by atoms with Crippen LogP contribution in [0, 0.1) is 0 Å². The molecule has 0 aliphatic carbocycles. The van der Waals surface area contributed by atoms with Gasteiger partial charge in [-0.05, 0) is 13.0 Å². The first-order valence-electron chi connectivity index (χ1n) is 3.39. The van der Waals surface area contributed by atoms with E-state index in [2.05, 4.69) is 24.0 Å². The fourth-order valence-corrected chi connectivity index (χ4v) is 0.965. The Kier molecular flexibility index (Phi) is 2.24. The maximum absolute atomic E-state index is 3.71. The van der Waals surface area contributed by atoms with Crippen LogP contribution < -0.4 is 5.32 Å². The van der Waals surface area contributed by atoms with Crippen LogP contribution in [0.5, 0.6) is 0 Å². The lowest BCUT2D eigenvalue weighted by Crippen LogP contribution is -2.73. The van der Waals surface area contributed by atoms with E-state index >= 15 is 0 Å². The molecule has 52 valence electrons. The SMILES string of the molecule is C=CC1=C(/C=C\C)C=C[NH2+]1. The van der Waals surface area contributed by atoms with E-state index in [1.165, 1.54) is 11.3 Å². The maximum Gasteiger partial charge on any atom is 0.141 e. The summed E-state index contributed by atoms with van der Waals surface area (Å²) in [5, 5.41) is 2.06. The predicted molar refractivity (Wildman–Crippen MR) is 43.1 cm³/mol. The molecule has 0 unspecified atom stereocenters. The Morgan fingerprint density at radius 3 is 3.00 bits per heavy atom. The molecule has 0 saturated carbocycles. The number of rotatable bonds is 2. The summed E-state index contributed by atoms with van der Waals surface area (Å²) in [5.74, 6) is 0. The molecule has 1 rings (SSSR count). The van der Waals surface area contributed by atoms with Crippen molar-refractivity contribution in [1.29, 1.82) is 0 Å². The molecule has 0 saturated heterocycles. The smallest absolute Gasteiger partial charge is 0.141 e. The van der Waals surface area contributed by atoms with Crippen LogP contribution in [-0.2, 0) is 0 Å². The summed E-state index contributed by atoms with van der Waals surface area (Å²) < 4.78 is 0. The average molecular weight is 134 g/mol. The standard InChI is InChI=1S/C9H11N/c1-3-5-8-6-7-10-9(8)4-2/h3-7,10H,2H2,1H3/p+1/b5-3-. The van der Waals surface area contributed by atoms with Crippen molar-refractivity contribution in [1.82, 2.24) is 0 Å². The Bertz CT molecular complexity index is 219. The first kappa shape index (κ1) is 7.03. The predicted octanol–water partition coefficient (Wildman–Crippen LogP) is 1.09. The monoisotopic (exact) mass is 134 g/mol. The van der Waals surface area contributed by atoms with Gasteiger partial charge in [0, 0.05) is 11.6 Å². The van der Waals surface area contributed by atoms with Gasteiger partial charge < -0.3 is 0 Å². The molecule has 0 amide bonds. The van der Waals surface area contributed by atoms with E-state index in [9.17, 15) is 0 Å². The maximum atomic E-state index is 3.71. The van der Waals surface area contributed by atoms with Crippen molar-refractivity contribution < 1.29 is 5.32 Å². The molecule has 0 bridgehead atoms. The molecule has 0 radical (unpaired) electrons. The van der Waals surface area contributed by atoms with Gasteiger partial charge in [0.2, 0.25) is 0 Å². The summed E-state index contributed by atoms with van der Waals surface area (Å²) in [6.45, 7) is 5.73. The molecular formula is C9H12N+. The zero-order valence-corrected chi connectivity index (χ0v) is 6.17. The zero-order valence-electron chi connectivity index (χ0n) is 6.17. The molecule has 1 nitrogen and oxygen atoms in total. The van der Waals surface area contributed by atoms with E-state index in [0.29, 0.717) is 0 Å². The lowest BCUT2D eigenvalue weighted by Gasteiger charge is -1.89. The van der Waals surface area contributed by atoms with Crippen molar-refractivity contribution in [3.05, 3.63) is 48.4 Å². The Labute approximate surface area is 61.4 Å². The molecule has 0 spiro atoms. The van der Waals surface area contributed by atoms with Gasteiger partial charge in [0.25, 0.3) is 0 Å². The zero-order chi connectivity index (χ0) is 7.40. The van der Waals surface area contributed by atoms with E-state index in [1.807, 2.05) is 25.3 Å². The highest BCUT2D eigenvalue weighted by atomic mass is 14.9. The summed E-state index contributed by atoms with van der Waals surface area (Å²) in [7, 11) is 0. The van der Waals surface area contributed by atoms with Crippen LogP contribution in [-0.4, -0.2) is 0 Å². The van der Waals surface area contributed by atoms with Crippen molar-refractivity contribution in [3.8, 4) is 0 Å². The average Bonchev–Trinajstić information content (AvgIpc) is 2.36. The van der Waals surface area contributed by atoms with Gasteiger partial charge in [-0.25, -0.2) is 0 Å². The Morgan fingerprint density at radius 1 is 1.60 bits per heavy atom. The number of quaternary nitrogens is 1. The van der Waals surface area contributed by atoms with Gasteiger partial charge >= 0.3 is 0 Å². The van der Waals surface area contributed by atoms with Crippen LogP contribution in [0.1, 0.15) is 6.92 Å². The van der Waals surface area contributed by atoms with Crippen LogP contribution in [0.3, 0.4) is 0 Å². The summed E-state index contributed by atoms with van der Waals surface area (Å²) in [5.41, 5.74) is 2.45. The van der Waals surface area contributed by atoms with Crippen LogP contribution in [0.25, 0.3) is 0 Å². The first-order chi connectivity index (χ1) is 4.88. The minimum atomic E-state index is 1.21. The van der Waals surface area contributed by atoms with Gasteiger partial charge in [0.15, 0.2) is 0 Å². The minimum absolute atomic E-state index is 1.21. The molecule has 1 aliphatic heterocycles. The molecule has 2 N–H and O–H groups in total. The van der Waals surface area contributed by atoms with Crippen LogP contribution in [0.4, 0.5) is 0 Å². The highest BCUT2D eigenvalue weighted by molar-refractivity contribution is 5.38. The van der Waals surface area contributed by atoms with Crippen molar-refractivity contribution >= 4 is 0 Å². The fraction of sp³-hybridized carbons (Fsp3) is 0.111. The second-order valence-electron chi connectivity index (χ2n) is 2.14. The lowest BCUT2D eigenvalue weighted by atomic mass is 10.2. The number of hydrogen-bond acceptors (Lipinski definition) is 0. The molecule has 1 heterocycles. The van der Waals surface area contributed by atoms with E-state index in [1.54, 1.807) is 0 Å². The molecule has 1 aliphatic rings. The molecule has 0 atom stereocenters. The third-order valence-corrected chi connectivity index (χ3v) is 1.45. The van der Waals surface area contributed by atoms with Crippen molar-refractivity contribution in [2.75, 3.05) is 0 Å². The number of hydrogen-bond donors (Lipinski definition) is 1. The summed E-state index contributed by atoms with van der Waals surface area (Å²) >= 11 is 0. The highest BCUT2D eigenvalue weighted by Crippen LogP contribution is 2.05. The molecule has 1 heteroatoms. The van der Waals surface area contributed by atoms with Gasteiger partial charge in [-0.1, -0.05) is 18.7 Å². The van der Waals surface area contributed by atoms with E-state index in [-0.39, 0.29) is 0 Å². The van der Waals surface area contributed by atoms with Gasteiger partial charge in [-0.2, -0.15) is 0 Å². The summed E-state index contributed by atoms with van der Waals surface area (Å²) in [4.78, 5) is 0. The third-order valence-electron chi connectivity index (χ3n) is 1.45. The molecule has 0 aromatic heterocycles. The second kappa shape index (κ2) is 3.18. The summed E-state index contributed by atoms with van der Waals surface area (Å²) in [6, 6.07) is 0. The van der Waals surface area contributed by atoms with Crippen molar-refractivity contribution in [3.63, 3.8) is 0 Å². The fourth-order valence-electron chi connectivity index (χ4n) is 0.965. The lowest BCUT2D eigenvalue weighted by molar-refractivity contribution is -0.525. The molecular weight excluding hydrogens is 122 g/mol. The van der Waals surface area contributed by atoms with E-state index in [4.69, 9.17) is 0 Å². The molecule has 0 aromatic carbocycles. The largest absolute Gasteiger partial charge is 0.287 e. The number of allylic oxidation sites excluding steroid dienone is 5. The van der Waals surface area contributed by atoms with Crippen LogP contribution in [0.2, 0.25) is 0 Å². The van der Waals surface area contributed by atoms with Crippen LogP contribution >= 0.6 is 0 Å². The van der Waals surface area contributed by atoms with Gasteiger partial charge in [0.05, 0.1) is 6.20 Å². The third kappa shape index (κ3) is 1.25. The minimum Gasteiger partial charge on any atom is -0.287 e. The van der Waals surface area contributed by atoms with Gasteiger partial charge in [-0.15, -0.1) is 0 Å². The Balaban J connectivity index is 2.86. The quantitative estimate of drug-likeness (QED) is 0.582. The van der Waals surface area contributed by atoms with Gasteiger partial charge in [-0.3, -0.25) is 5.32 Å². The molecule has 0 aromatic rings. The normalized spacial score (nSPS) is 17.3. The Morgan fingerprint density at radius 2 is 2.40 bits per heavy atom. The van der Waals surface area contributed by atoms with Crippen molar-refractivity contribution in [2.45, 2.75) is 6.92 Å². The van der Waals surface area contributed by atoms with Gasteiger partial charge in [0.1, 0.15) is 5.70 Å². The topological polar surface area (TPSA) is 16.6 Å². The first-order valence-corrected chi connectivity index (χ1v) is 3.39. The van der Waals surface area contributed by atoms with E-state index in [0.717, 1.165) is 0 Å². The van der Waals surface area contributed by atoms with E-state index < -0.39 is 0 Å². The number of nitrogens with two attached hydrogens (primary N) is 1. The molecule has 10 heavy (non-hydrogen) atoms. The molecule has 0 fully saturated rings. The summed E-state index contributed by atoms with van der Waals surface area (Å²) in [6.07, 6.45) is 10.1. The van der Waals surface area contributed by atoms with Crippen molar-refractivity contribution in [2.24, 2.45) is 0 Å². The highest BCUT2D eigenvalue weighted by Gasteiger charge is 2.05. The second-order valence-corrected chi connectivity index (χ2v) is 2.14. The Hall–Kier alpha value is -1.08. The van der Waals surface area contributed by atoms with Crippen LogP contribution in [0.15, 0.2) is 48.4 Å².